The van der Waals surface area contributed by atoms with E-state index < -0.39 is 53.6 Å². The second-order valence-electron chi connectivity index (χ2n) is 8.77. The van der Waals surface area contributed by atoms with E-state index in [9.17, 15) is 28.8 Å². The number of amides is 4. The maximum atomic E-state index is 11.9. The number of rotatable bonds is 8. The molecule has 4 amide bonds. The molecule has 0 radical (unpaired) electrons. The van der Waals surface area contributed by atoms with Crippen LogP contribution in [0, 0.1) is 5.41 Å². The van der Waals surface area contributed by atoms with Crippen LogP contribution in [-0.4, -0.2) is 84.7 Å². The first kappa shape index (κ1) is 25.2. The predicted octanol–water partition coefficient (Wildman–Crippen LogP) is -0.507. The normalized spacial score (nSPS) is 29.3. The molecule has 0 saturated carbocycles. The molecule has 4 saturated heterocycles. The van der Waals surface area contributed by atoms with Crippen LogP contribution in [0.5, 0.6) is 0 Å². The molecule has 14 heteroatoms. The Kier molecular flexibility index (Phi) is 7.74. The van der Waals surface area contributed by atoms with Gasteiger partial charge in [-0.15, -0.1) is 10.1 Å². The Labute approximate surface area is 199 Å². The first-order chi connectivity index (χ1) is 16.7. The van der Waals surface area contributed by atoms with Crippen LogP contribution in [0.2, 0.25) is 0 Å². The van der Waals surface area contributed by atoms with Gasteiger partial charge < -0.3 is 28.6 Å². The molecule has 0 N–H and O–H groups in total. The van der Waals surface area contributed by atoms with Crippen molar-refractivity contribution in [2.45, 2.75) is 63.9 Å². The van der Waals surface area contributed by atoms with Crippen molar-refractivity contribution in [3.8, 4) is 0 Å². The maximum absolute atomic E-state index is 11.9. The molecule has 14 nitrogen and oxygen atoms in total. The van der Waals surface area contributed by atoms with Crippen LogP contribution in [0.1, 0.15) is 51.4 Å². The lowest BCUT2D eigenvalue weighted by Gasteiger charge is -2.43. The number of nitrogens with zero attached hydrogens (tertiary/aromatic N) is 2. The summed E-state index contributed by atoms with van der Waals surface area (Å²) >= 11 is 0. The molecule has 0 aromatic carbocycles. The van der Waals surface area contributed by atoms with Gasteiger partial charge in [-0.1, -0.05) is 0 Å². The standard InChI is InChI=1S/C21H26N2O12/c24-13-1-2-14(25)22(13)34-17(28)5-7-19-30-9-21(10-31-19)11-32-20(33-12-21)8-6-18(29)35-23-15(26)3-4-16(23)27/h19-20H,1-12H2. The van der Waals surface area contributed by atoms with Crippen molar-refractivity contribution in [2.75, 3.05) is 26.4 Å². The molecule has 0 aliphatic carbocycles. The molecule has 0 aromatic rings. The summed E-state index contributed by atoms with van der Waals surface area (Å²) in [4.78, 5) is 79.4. The second-order valence-corrected chi connectivity index (χ2v) is 8.77. The molecule has 4 aliphatic rings. The lowest BCUT2D eigenvalue weighted by atomic mass is 9.90. The van der Waals surface area contributed by atoms with Crippen molar-refractivity contribution in [3.05, 3.63) is 0 Å². The average Bonchev–Trinajstić information content (AvgIpc) is 3.34. The van der Waals surface area contributed by atoms with Gasteiger partial charge in [0.05, 0.1) is 44.7 Å². The van der Waals surface area contributed by atoms with Crippen LogP contribution in [0.4, 0.5) is 0 Å². The van der Waals surface area contributed by atoms with E-state index in [0.717, 1.165) is 0 Å². The number of ether oxygens (including phenoxy) is 4. The fourth-order valence-corrected chi connectivity index (χ4v) is 3.84. The molecule has 0 atom stereocenters. The molecule has 4 rings (SSSR count). The van der Waals surface area contributed by atoms with Gasteiger partial charge in [-0.3, -0.25) is 19.2 Å². The van der Waals surface area contributed by atoms with E-state index in [1.54, 1.807) is 0 Å². The van der Waals surface area contributed by atoms with Gasteiger partial charge in [0.25, 0.3) is 23.6 Å². The highest BCUT2D eigenvalue weighted by molar-refractivity contribution is 6.02. The quantitative estimate of drug-likeness (QED) is 0.394. The van der Waals surface area contributed by atoms with Crippen LogP contribution in [0.15, 0.2) is 0 Å². The number of hydrogen-bond donors (Lipinski definition) is 0. The van der Waals surface area contributed by atoms with E-state index >= 15 is 0 Å². The summed E-state index contributed by atoms with van der Waals surface area (Å²) < 4.78 is 22.7. The molecular weight excluding hydrogens is 472 g/mol. The minimum absolute atomic E-state index is 0.0265. The molecule has 0 unspecified atom stereocenters. The fourth-order valence-electron chi connectivity index (χ4n) is 3.84. The average molecular weight is 498 g/mol. The number of hydrogen-bond acceptors (Lipinski definition) is 12. The lowest BCUT2D eigenvalue weighted by Crippen LogP contribution is -2.52. The van der Waals surface area contributed by atoms with E-state index in [-0.39, 0.29) is 77.8 Å². The Hall–Kier alpha value is -2.94. The maximum Gasteiger partial charge on any atom is 0.333 e. The van der Waals surface area contributed by atoms with Gasteiger partial charge in [-0.2, -0.15) is 0 Å². The van der Waals surface area contributed by atoms with Crippen molar-refractivity contribution >= 4 is 35.6 Å². The molecule has 1 spiro atoms. The van der Waals surface area contributed by atoms with Crippen LogP contribution in [0.25, 0.3) is 0 Å². The molecular formula is C21H26N2O12. The van der Waals surface area contributed by atoms with E-state index in [1.165, 1.54) is 0 Å². The van der Waals surface area contributed by atoms with Gasteiger partial charge in [0, 0.05) is 38.5 Å². The van der Waals surface area contributed by atoms with Gasteiger partial charge in [0.15, 0.2) is 12.6 Å². The van der Waals surface area contributed by atoms with Gasteiger partial charge in [-0.05, 0) is 0 Å². The number of hydroxylamine groups is 4. The Morgan fingerprint density at radius 1 is 0.657 bits per heavy atom. The van der Waals surface area contributed by atoms with Gasteiger partial charge in [-0.25, -0.2) is 9.59 Å². The monoisotopic (exact) mass is 498 g/mol. The van der Waals surface area contributed by atoms with Gasteiger partial charge >= 0.3 is 11.9 Å². The number of carbonyl (C=O) groups is 6. The first-order valence-electron chi connectivity index (χ1n) is 11.3. The Morgan fingerprint density at radius 3 is 1.29 bits per heavy atom. The van der Waals surface area contributed by atoms with Gasteiger partial charge in [0.1, 0.15) is 0 Å². The zero-order valence-electron chi connectivity index (χ0n) is 18.9. The third kappa shape index (κ3) is 6.20. The van der Waals surface area contributed by atoms with Crippen molar-refractivity contribution < 1.29 is 57.4 Å². The molecule has 4 heterocycles. The van der Waals surface area contributed by atoms with E-state index in [1.807, 2.05) is 0 Å². The van der Waals surface area contributed by atoms with Crippen molar-refractivity contribution in [1.82, 2.24) is 10.1 Å². The lowest BCUT2D eigenvalue weighted by molar-refractivity contribution is -0.304. The van der Waals surface area contributed by atoms with Crippen molar-refractivity contribution in [1.29, 1.82) is 0 Å². The summed E-state index contributed by atoms with van der Waals surface area (Å²) in [6.07, 6.45) is -1.07. The van der Waals surface area contributed by atoms with E-state index in [0.29, 0.717) is 10.1 Å². The summed E-state index contributed by atoms with van der Waals surface area (Å²) in [5.74, 6) is -3.63. The highest BCUT2D eigenvalue weighted by atomic mass is 16.7. The van der Waals surface area contributed by atoms with Crippen molar-refractivity contribution in [2.24, 2.45) is 5.41 Å². The van der Waals surface area contributed by atoms with Crippen LogP contribution < -0.4 is 0 Å². The fraction of sp³-hybridized carbons (Fsp3) is 0.714. The minimum Gasteiger partial charge on any atom is -0.352 e. The van der Waals surface area contributed by atoms with E-state index in [2.05, 4.69) is 0 Å². The third-order valence-electron chi connectivity index (χ3n) is 5.87. The smallest absolute Gasteiger partial charge is 0.333 e. The second kappa shape index (κ2) is 10.8. The number of imide groups is 2. The minimum atomic E-state index is -0.731. The molecule has 192 valence electrons. The van der Waals surface area contributed by atoms with E-state index in [4.69, 9.17) is 28.6 Å². The van der Waals surface area contributed by atoms with Crippen LogP contribution in [-0.2, 0) is 57.4 Å². The molecule has 0 bridgehead atoms. The van der Waals surface area contributed by atoms with Gasteiger partial charge in [0.2, 0.25) is 0 Å². The summed E-state index contributed by atoms with van der Waals surface area (Å²) in [6.45, 7) is 1.01. The highest BCUT2D eigenvalue weighted by Gasteiger charge is 2.42. The van der Waals surface area contributed by atoms with Crippen LogP contribution in [0.3, 0.4) is 0 Å². The summed E-state index contributed by atoms with van der Waals surface area (Å²) in [5, 5.41) is 0.996. The zero-order chi connectivity index (χ0) is 25.0. The molecule has 4 fully saturated rings. The molecule has 35 heavy (non-hydrogen) atoms. The van der Waals surface area contributed by atoms with Crippen LogP contribution >= 0.6 is 0 Å². The Bertz CT molecular complexity index is 781. The number of carbonyl (C=O) groups excluding carboxylic acids is 6. The zero-order valence-corrected chi connectivity index (χ0v) is 18.9. The first-order valence-corrected chi connectivity index (χ1v) is 11.3. The SMILES string of the molecule is O=C(CCC1OCC2(CO1)COC(CCC(=O)ON1C(=O)CCC1=O)OC2)ON1C(=O)CCC1=O. The topological polar surface area (TPSA) is 164 Å². The molecule has 0 aromatic heterocycles. The Balaban J connectivity index is 1.11. The van der Waals surface area contributed by atoms with Crippen molar-refractivity contribution in [3.63, 3.8) is 0 Å². The largest absolute Gasteiger partial charge is 0.352 e. The highest BCUT2D eigenvalue weighted by Crippen LogP contribution is 2.32. The third-order valence-corrected chi connectivity index (χ3v) is 5.87. The summed E-state index contributed by atoms with van der Waals surface area (Å²) in [7, 11) is 0. The Morgan fingerprint density at radius 2 is 0.971 bits per heavy atom. The summed E-state index contributed by atoms with van der Waals surface area (Å²) in [5.41, 5.74) is -0.545. The predicted molar refractivity (Wildman–Crippen MR) is 107 cm³/mol. The molecule has 4 aliphatic heterocycles. The summed E-state index contributed by atoms with van der Waals surface area (Å²) in [6, 6.07) is 0.